The summed E-state index contributed by atoms with van der Waals surface area (Å²) >= 11 is 5.85. The molecule has 4 amide bonds. The van der Waals surface area contributed by atoms with Crippen LogP contribution in [0.3, 0.4) is 0 Å². The number of amides is 4. The maximum absolute atomic E-state index is 12.9. The number of urea groups is 1. The Morgan fingerprint density at radius 2 is 1.78 bits per heavy atom. The molecule has 8 nitrogen and oxygen atoms in total. The molecule has 9 heteroatoms. The Balaban J connectivity index is 1.67. The van der Waals surface area contributed by atoms with Crippen LogP contribution in [0.5, 0.6) is 0 Å². The number of aromatic carboxylic acids is 1. The van der Waals surface area contributed by atoms with Crippen molar-refractivity contribution in [3.8, 4) is 11.3 Å². The van der Waals surface area contributed by atoms with Gasteiger partial charge in [-0.1, -0.05) is 29.3 Å². The first-order valence-corrected chi connectivity index (χ1v) is 9.71. The van der Waals surface area contributed by atoms with E-state index in [9.17, 15) is 24.3 Å². The van der Waals surface area contributed by atoms with Gasteiger partial charge in [0.25, 0.3) is 11.8 Å². The summed E-state index contributed by atoms with van der Waals surface area (Å²) in [4.78, 5) is 49.5. The summed E-state index contributed by atoms with van der Waals surface area (Å²) < 4.78 is 5.66. The molecule has 0 bridgehead atoms. The highest BCUT2D eigenvalue weighted by molar-refractivity contribution is 6.39. The molecule has 2 aromatic carbocycles. The maximum Gasteiger partial charge on any atom is 0.335 e. The quantitative estimate of drug-likeness (QED) is 0.483. The zero-order valence-corrected chi connectivity index (χ0v) is 17.3. The monoisotopic (exact) mass is 449 g/mol. The van der Waals surface area contributed by atoms with E-state index >= 15 is 0 Å². The van der Waals surface area contributed by atoms with Gasteiger partial charge in [0.1, 0.15) is 17.1 Å². The van der Waals surface area contributed by atoms with Crippen molar-refractivity contribution in [2.24, 2.45) is 0 Å². The maximum atomic E-state index is 12.9. The molecule has 0 aliphatic carbocycles. The molecule has 160 valence electrons. The summed E-state index contributed by atoms with van der Waals surface area (Å²) in [7, 11) is 0. The van der Waals surface area contributed by atoms with Crippen LogP contribution >= 0.6 is 11.6 Å². The third-order valence-corrected chi connectivity index (χ3v) is 5.11. The lowest BCUT2D eigenvalue weighted by molar-refractivity contribution is -0.255. The third kappa shape index (κ3) is 3.91. The SMILES string of the molecule is Cc1ccc(N2C(=O)NC(=O)/C(=C\c3ccc(-c4ccc(Cl)c(C(=O)[O-])c4)o3)C2=O)cc1. The second-order valence-electron chi connectivity index (χ2n) is 6.98. The van der Waals surface area contributed by atoms with Crippen molar-refractivity contribution >= 4 is 47.2 Å². The molecule has 0 radical (unpaired) electrons. The minimum absolute atomic E-state index is 0.0213. The van der Waals surface area contributed by atoms with Crippen molar-refractivity contribution in [2.75, 3.05) is 4.90 Å². The van der Waals surface area contributed by atoms with Crippen LogP contribution in [0, 0.1) is 6.92 Å². The molecule has 1 N–H and O–H groups in total. The lowest BCUT2D eigenvalue weighted by Gasteiger charge is -2.26. The fourth-order valence-electron chi connectivity index (χ4n) is 3.15. The standard InChI is InChI=1S/C23H15ClN2O6/c1-12-2-5-14(6-3-12)26-21(28)17(20(27)25-23(26)31)11-15-7-9-19(32-15)13-4-8-18(24)16(10-13)22(29)30/h2-11H,1H3,(H,29,30)(H,25,27,31)/p-1/b17-11+. The molecular weight excluding hydrogens is 436 g/mol. The van der Waals surface area contributed by atoms with E-state index in [1.54, 1.807) is 36.4 Å². The number of nitrogens with zero attached hydrogens (tertiary/aromatic N) is 1. The van der Waals surface area contributed by atoms with Crippen LogP contribution in [0.1, 0.15) is 21.7 Å². The topological polar surface area (TPSA) is 120 Å². The summed E-state index contributed by atoms with van der Waals surface area (Å²) in [6, 6.07) is 13.1. The normalized spacial score (nSPS) is 15.2. The van der Waals surface area contributed by atoms with Crippen LogP contribution in [0.2, 0.25) is 5.02 Å². The van der Waals surface area contributed by atoms with Gasteiger partial charge in [0.05, 0.1) is 11.7 Å². The first-order valence-electron chi connectivity index (χ1n) is 9.34. The van der Waals surface area contributed by atoms with Gasteiger partial charge in [0.15, 0.2) is 0 Å². The largest absolute Gasteiger partial charge is 0.545 e. The Bertz CT molecular complexity index is 1310. The molecule has 1 aliphatic heterocycles. The fraction of sp³-hybridized carbons (Fsp3) is 0.0435. The smallest absolute Gasteiger partial charge is 0.335 e. The molecule has 3 aromatic rings. The van der Waals surface area contributed by atoms with Crippen LogP contribution in [0.15, 0.2) is 64.6 Å². The summed E-state index contributed by atoms with van der Waals surface area (Å²) in [6.07, 6.45) is 1.21. The van der Waals surface area contributed by atoms with Crippen LogP contribution in [-0.2, 0) is 9.59 Å². The van der Waals surface area contributed by atoms with E-state index in [0.29, 0.717) is 11.3 Å². The number of benzene rings is 2. The number of furan rings is 1. The number of carbonyl (C=O) groups is 4. The van der Waals surface area contributed by atoms with Gasteiger partial charge in [-0.15, -0.1) is 0 Å². The minimum atomic E-state index is -1.43. The van der Waals surface area contributed by atoms with Gasteiger partial charge in [-0.05, 0) is 55.5 Å². The summed E-state index contributed by atoms with van der Waals surface area (Å²) in [6.45, 7) is 1.86. The van der Waals surface area contributed by atoms with E-state index in [4.69, 9.17) is 16.0 Å². The van der Waals surface area contributed by atoms with E-state index < -0.39 is 23.8 Å². The van der Waals surface area contributed by atoms with Crippen molar-refractivity contribution in [2.45, 2.75) is 6.92 Å². The number of hydrogen-bond acceptors (Lipinski definition) is 6. The molecule has 1 fully saturated rings. The van der Waals surface area contributed by atoms with E-state index in [1.807, 2.05) is 6.92 Å². The van der Waals surface area contributed by atoms with E-state index in [0.717, 1.165) is 10.5 Å². The van der Waals surface area contributed by atoms with Crippen LogP contribution < -0.4 is 15.3 Å². The van der Waals surface area contributed by atoms with Crippen molar-refractivity contribution in [3.63, 3.8) is 0 Å². The lowest BCUT2D eigenvalue weighted by atomic mass is 10.1. The fourth-order valence-corrected chi connectivity index (χ4v) is 3.34. The van der Waals surface area contributed by atoms with E-state index in [-0.39, 0.29) is 27.7 Å². The third-order valence-electron chi connectivity index (χ3n) is 4.78. The molecule has 1 aliphatic rings. The number of carboxylic acids is 1. The molecule has 1 aromatic heterocycles. The molecule has 4 rings (SSSR count). The second kappa shape index (κ2) is 8.16. The minimum Gasteiger partial charge on any atom is -0.545 e. The predicted octanol–water partition coefficient (Wildman–Crippen LogP) is 2.94. The number of anilines is 1. The summed E-state index contributed by atoms with van der Waals surface area (Å²) in [5.41, 5.74) is 1.17. The highest BCUT2D eigenvalue weighted by Crippen LogP contribution is 2.28. The number of carboxylic acid groups (broad SMARTS) is 1. The number of rotatable bonds is 4. The zero-order valence-electron chi connectivity index (χ0n) is 16.5. The lowest BCUT2D eigenvalue weighted by Crippen LogP contribution is -2.54. The zero-order chi connectivity index (χ0) is 23.0. The number of hydrogen-bond donors (Lipinski definition) is 1. The van der Waals surface area contributed by atoms with Gasteiger partial charge < -0.3 is 14.3 Å². The van der Waals surface area contributed by atoms with E-state index in [1.165, 1.54) is 24.3 Å². The summed E-state index contributed by atoms with van der Waals surface area (Å²) in [5.74, 6) is -2.65. The average Bonchev–Trinajstić information content (AvgIpc) is 3.21. The first-order chi connectivity index (χ1) is 15.2. The van der Waals surface area contributed by atoms with Crippen molar-refractivity contribution in [1.29, 1.82) is 0 Å². The number of imide groups is 2. The van der Waals surface area contributed by atoms with Crippen molar-refractivity contribution < 1.29 is 28.7 Å². The highest BCUT2D eigenvalue weighted by atomic mass is 35.5. The molecule has 2 heterocycles. The molecule has 0 atom stereocenters. The van der Waals surface area contributed by atoms with Gasteiger partial charge >= 0.3 is 6.03 Å². The van der Waals surface area contributed by atoms with Crippen LogP contribution in [0.4, 0.5) is 10.5 Å². The molecule has 0 unspecified atom stereocenters. The Hall–Kier alpha value is -4.17. The number of halogens is 1. The van der Waals surface area contributed by atoms with Gasteiger partial charge in [-0.2, -0.15) is 0 Å². The predicted molar refractivity (Wildman–Crippen MR) is 114 cm³/mol. The Morgan fingerprint density at radius 1 is 1.06 bits per heavy atom. The van der Waals surface area contributed by atoms with Crippen LogP contribution in [-0.4, -0.2) is 23.8 Å². The molecule has 32 heavy (non-hydrogen) atoms. The summed E-state index contributed by atoms with van der Waals surface area (Å²) in [5, 5.41) is 13.3. The Morgan fingerprint density at radius 3 is 2.47 bits per heavy atom. The molecule has 0 saturated carbocycles. The van der Waals surface area contributed by atoms with Crippen LogP contribution in [0.25, 0.3) is 17.4 Å². The van der Waals surface area contributed by atoms with Gasteiger partial charge in [-0.25, -0.2) is 9.69 Å². The number of carbonyl (C=O) groups excluding carboxylic acids is 4. The molecule has 0 spiro atoms. The van der Waals surface area contributed by atoms with E-state index in [2.05, 4.69) is 5.32 Å². The van der Waals surface area contributed by atoms with Crippen molar-refractivity contribution in [3.05, 3.63) is 82.1 Å². The molecular formula is C23H14ClN2O6-. The number of aryl methyl sites for hydroxylation is 1. The number of nitrogens with one attached hydrogen (secondary N) is 1. The first kappa shape index (κ1) is 21.1. The Kier molecular flexibility index (Phi) is 5.38. The average molecular weight is 450 g/mol. The number of barbiturate groups is 1. The molecule has 1 saturated heterocycles. The van der Waals surface area contributed by atoms with Gasteiger partial charge in [0, 0.05) is 16.1 Å². The Labute approximate surface area is 186 Å². The van der Waals surface area contributed by atoms with Gasteiger partial charge in [0.2, 0.25) is 0 Å². The van der Waals surface area contributed by atoms with Crippen molar-refractivity contribution in [1.82, 2.24) is 5.32 Å². The second-order valence-corrected chi connectivity index (χ2v) is 7.38. The van der Waals surface area contributed by atoms with Gasteiger partial charge in [-0.3, -0.25) is 14.9 Å². The highest BCUT2D eigenvalue weighted by Gasteiger charge is 2.37.